The average molecular weight is 295 g/mol. The maximum Gasteiger partial charge on any atom is 0.241 e. The SMILES string of the molecule is CC(C)CCCCNc1nc(Cl)nc(-n2ccnc2)n1. The minimum atomic E-state index is 0.174. The van der Waals surface area contributed by atoms with E-state index in [4.69, 9.17) is 11.6 Å². The third-order valence-electron chi connectivity index (χ3n) is 2.82. The molecule has 0 saturated heterocycles. The first-order valence-corrected chi connectivity index (χ1v) is 7.16. The molecular weight excluding hydrogens is 276 g/mol. The van der Waals surface area contributed by atoms with E-state index in [2.05, 4.69) is 39.1 Å². The third kappa shape index (κ3) is 4.45. The Hall–Kier alpha value is -1.69. The summed E-state index contributed by atoms with van der Waals surface area (Å²) in [6.45, 7) is 5.30. The van der Waals surface area contributed by atoms with Gasteiger partial charge >= 0.3 is 0 Å². The van der Waals surface area contributed by atoms with Gasteiger partial charge in [-0.25, -0.2) is 4.98 Å². The lowest BCUT2D eigenvalue weighted by molar-refractivity contribution is 0.544. The molecule has 0 aliphatic rings. The molecule has 6 nitrogen and oxygen atoms in total. The molecule has 2 heterocycles. The summed E-state index contributed by atoms with van der Waals surface area (Å²) < 4.78 is 1.69. The second kappa shape index (κ2) is 7.19. The van der Waals surface area contributed by atoms with Gasteiger partial charge in [-0.3, -0.25) is 4.57 Å². The van der Waals surface area contributed by atoms with Crippen LogP contribution in [0.5, 0.6) is 0 Å². The van der Waals surface area contributed by atoms with Gasteiger partial charge in [0.05, 0.1) is 0 Å². The van der Waals surface area contributed by atoms with Crippen LogP contribution in [0.15, 0.2) is 18.7 Å². The summed E-state index contributed by atoms with van der Waals surface area (Å²) in [4.78, 5) is 16.4. The van der Waals surface area contributed by atoms with E-state index in [0.29, 0.717) is 11.9 Å². The zero-order valence-electron chi connectivity index (χ0n) is 11.8. The van der Waals surface area contributed by atoms with Crippen molar-refractivity contribution in [3.63, 3.8) is 0 Å². The van der Waals surface area contributed by atoms with Crippen molar-refractivity contribution in [3.05, 3.63) is 24.0 Å². The predicted molar refractivity (Wildman–Crippen MR) is 79.1 cm³/mol. The molecule has 0 amide bonds. The van der Waals surface area contributed by atoms with Crippen molar-refractivity contribution < 1.29 is 0 Å². The molecular formula is C13H19ClN6. The molecule has 0 aromatic carbocycles. The van der Waals surface area contributed by atoms with Crippen LogP contribution in [0, 0.1) is 5.92 Å². The molecule has 0 unspecified atom stereocenters. The summed E-state index contributed by atoms with van der Waals surface area (Å²) in [5.41, 5.74) is 0. The highest BCUT2D eigenvalue weighted by Crippen LogP contribution is 2.10. The van der Waals surface area contributed by atoms with E-state index < -0.39 is 0 Å². The maximum absolute atomic E-state index is 5.91. The van der Waals surface area contributed by atoms with Gasteiger partial charge in [0.15, 0.2) is 0 Å². The largest absolute Gasteiger partial charge is 0.354 e. The normalized spacial score (nSPS) is 11.0. The van der Waals surface area contributed by atoms with Gasteiger partial charge in [0.25, 0.3) is 0 Å². The van der Waals surface area contributed by atoms with Gasteiger partial charge in [-0.1, -0.05) is 26.7 Å². The van der Waals surface area contributed by atoms with Crippen LogP contribution in [-0.4, -0.2) is 31.0 Å². The number of unbranched alkanes of at least 4 members (excludes halogenated alkanes) is 1. The van der Waals surface area contributed by atoms with Crippen LogP contribution in [0.4, 0.5) is 5.95 Å². The maximum atomic E-state index is 5.91. The quantitative estimate of drug-likeness (QED) is 0.795. The lowest BCUT2D eigenvalue weighted by atomic mass is 10.1. The molecule has 2 aromatic rings. The highest BCUT2D eigenvalue weighted by atomic mass is 35.5. The summed E-state index contributed by atoms with van der Waals surface area (Å²) >= 11 is 5.91. The number of rotatable bonds is 7. The van der Waals surface area contributed by atoms with Crippen LogP contribution >= 0.6 is 11.6 Å². The van der Waals surface area contributed by atoms with E-state index in [0.717, 1.165) is 18.9 Å². The minimum absolute atomic E-state index is 0.174. The Morgan fingerprint density at radius 1 is 1.25 bits per heavy atom. The Bertz CT molecular complexity index is 526. The molecule has 0 radical (unpaired) electrons. The monoisotopic (exact) mass is 294 g/mol. The fraction of sp³-hybridized carbons (Fsp3) is 0.538. The van der Waals surface area contributed by atoms with Gasteiger partial charge in [0.2, 0.25) is 17.2 Å². The number of imidazole rings is 1. The van der Waals surface area contributed by atoms with Gasteiger partial charge in [0.1, 0.15) is 6.33 Å². The van der Waals surface area contributed by atoms with Crippen molar-refractivity contribution in [2.24, 2.45) is 5.92 Å². The first kappa shape index (κ1) is 14.7. The van der Waals surface area contributed by atoms with Crippen molar-refractivity contribution in [1.82, 2.24) is 24.5 Å². The van der Waals surface area contributed by atoms with Crippen LogP contribution in [0.3, 0.4) is 0 Å². The molecule has 108 valence electrons. The highest BCUT2D eigenvalue weighted by molar-refractivity contribution is 6.28. The molecule has 0 aliphatic heterocycles. The van der Waals surface area contributed by atoms with Crippen molar-refractivity contribution in [3.8, 4) is 5.95 Å². The van der Waals surface area contributed by atoms with Crippen LogP contribution < -0.4 is 5.32 Å². The standard InChI is InChI=1S/C13H19ClN6/c1-10(2)5-3-4-6-16-12-17-11(14)18-13(19-12)20-8-7-15-9-20/h7-10H,3-6H2,1-2H3,(H,16,17,18,19). The number of aromatic nitrogens is 5. The van der Waals surface area contributed by atoms with Gasteiger partial charge in [-0.05, 0) is 23.9 Å². The molecule has 0 aliphatic carbocycles. The van der Waals surface area contributed by atoms with E-state index in [9.17, 15) is 0 Å². The lowest BCUT2D eigenvalue weighted by Gasteiger charge is -2.07. The number of nitrogens with one attached hydrogen (secondary N) is 1. The van der Waals surface area contributed by atoms with Gasteiger partial charge in [-0.2, -0.15) is 15.0 Å². The van der Waals surface area contributed by atoms with E-state index in [1.54, 1.807) is 23.3 Å². The highest BCUT2D eigenvalue weighted by Gasteiger charge is 2.06. The second-order valence-electron chi connectivity index (χ2n) is 5.01. The number of halogens is 1. The van der Waals surface area contributed by atoms with Gasteiger partial charge < -0.3 is 5.32 Å². The Morgan fingerprint density at radius 3 is 2.80 bits per heavy atom. The van der Waals surface area contributed by atoms with Crippen molar-refractivity contribution in [1.29, 1.82) is 0 Å². The fourth-order valence-electron chi connectivity index (χ4n) is 1.79. The zero-order chi connectivity index (χ0) is 14.4. The van der Waals surface area contributed by atoms with Crippen LogP contribution in [0.1, 0.15) is 33.1 Å². The molecule has 1 N–H and O–H groups in total. The van der Waals surface area contributed by atoms with E-state index >= 15 is 0 Å². The van der Waals surface area contributed by atoms with Crippen LogP contribution in [0.25, 0.3) is 5.95 Å². The van der Waals surface area contributed by atoms with E-state index in [-0.39, 0.29) is 5.28 Å². The Morgan fingerprint density at radius 2 is 2.10 bits per heavy atom. The second-order valence-corrected chi connectivity index (χ2v) is 5.35. The number of nitrogens with zero attached hydrogens (tertiary/aromatic N) is 5. The Balaban J connectivity index is 1.92. The van der Waals surface area contributed by atoms with Gasteiger partial charge in [0, 0.05) is 18.9 Å². The fourth-order valence-corrected chi connectivity index (χ4v) is 1.95. The molecule has 0 saturated carbocycles. The smallest absolute Gasteiger partial charge is 0.241 e. The van der Waals surface area contributed by atoms with E-state index in [1.807, 2.05) is 0 Å². The molecule has 0 spiro atoms. The summed E-state index contributed by atoms with van der Waals surface area (Å²) in [7, 11) is 0. The minimum Gasteiger partial charge on any atom is -0.354 e. The van der Waals surface area contributed by atoms with Crippen LogP contribution in [-0.2, 0) is 0 Å². The number of hydrogen-bond acceptors (Lipinski definition) is 5. The zero-order valence-corrected chi connectivity index (χ0v) is 12.5. The van der Waals surface area contributed by atoms with Crippen molar-refractivity contribution in [2.75, 3.05) is 11.9 Å². The summed E-state index contributed by atoms with van der Waals surface area (Å²) in [5, 5.41) is 3.36. The number of hydrogen-bond donors (Lipinski definition) is 1. The van der Waals surface area contributed by atoms with Crippen molar-refractivity contribution in [2.45, 2.75) is 33.1 Å². The Kier molecular flexibility index (Phi) is 5.29. The van der Waals surface area contributed by atoms with Gasteiger partial charge in [-0.15, -0.1) is 0 Å². The predicted octanol–water partition coefficient (Wildman–Crippen LogP) is 2.95. The molecule has 20 heavy (non-hydrogen) atoms. The lowest BCUT2D eigenvalue weighted by Crippen LogP contribution is -2.09. The third-order valence-corrected chi connectivity index (χ3v) is 2.99. The summed E-state index contributed by atoms with van der Waals surface area (Å²) in [6.07, 6.45) is 8.56. The van der Waals surface area contributed by atoms with E-state index in [1.165, 1.54) is 12.8 Å². The Labute approximate surface area is 123 Å². The molecule has 7 heteroatoms. The molecule has 0 fully saturated rings. The summed E-state index contributed by atoms with van der Waals surface area (Å²) in [6, 6.07) is 0. The first-order valence-electron chi connectivity index (χ1n) is 6.79. The molecule has 2 aromatic heterocycles. The molecule has 2 rings (SSSR count). The number of anilines is 1. The first-order chi connectivity index (χ1) is 9.65. The molecule has 0 atom stereocenters. The molecule has 0 bridgehead atoms. The topological polar surface area (TPSA) is 68.5 Å². The average Bonchev–Trinajstić information content (AvgIpc) is 2.91. The summed E-state index contributed by atoms with van der Waals surface area (Å²) in [5.74, 6) is 1.71. The van der Waals surface area contributed by atoms with Crippen LogP contribution in [0.2, 0.25) is 5.28 Å². The van der Waals surface area contributed by atoms with Crippen molar-refractivity contribution >= 4 is 17.5 Å².